The topological polar surface area (TPSA) is 62.2 Å². The van der Waals surface area contributed by atoms with Crippen LogP contribution >= 0.6 is 11.3 Å². The zero-order valence-corrected chi connectivity index (χ0v) is 14.7. The van der Waals surface area contributed by atoms with Crippen LogP contribution in [-0.4, -0.2) is 22.1 Å². The summed E-state index contributed by atoms with van der Waals surface area (Å²) in [6.07, 6.45) is 3.31. The highest BCUT2D eigenvalue weighted by Crippen LogP contribution is 2.26. The molecule has 0 aliphatic heterocycles. The fraction of sp³-hybridized carbons (Fsp3) is 0.444. The summed E-state index contributed by atoms with van der Waals surface area (Å²) in [6, 6.07) is 7.99. The number of benzene rings is 1. The Bertz CT molecular complexity index is 635. The SMILES string of the molecule is CCCC(NCc1cnc(-c2ccc(C(C)C)cc2)s1)C(=O)O. The number of carboxylic acids is 1. The van der Waals surface area contributed by atoms with Gasteiger partial charge in [-0.15, -0.1) is 11.3 Å². The van der Waals surface area contributed by atoms with E-state index in [-0.39, 0.29) is 0 Å². The molecule has 124 valence electrons. The quantitative estimate of drug-likeness (QED) is 0.757. The van der Waals surface area contributed by atoms with E-state index in [1.54, 1.807) is 11.3 Å². The number of nitrogens with zero attached hydrogens (tertiary/aromatic N) is 1. The third-order valence-corrected chi connectivity index (χ3v) is 4.82. The lowest BCUT2D eigenvalue weighted by Gasteiger charge is -2.12. The Morgan fingerprint density at radius 3 is 2.57 bits per heavy atom. The highest BCUT2D eigenvalue weighted by molar-refractivity contribution is 7.15. The summed E-state index contributed by atoms with van der Waals surface area (Å²) in [4.78, 5) is 16.7. The van der Waals surface area contributed by atoms with Crippen molar-refractivity contribution in [3.8, 4) is 10.6 Å². The average Bonchev–Trinajstić information content (AvgIpc) is 3.00. The van der Waals surface area contributed by atoms with Crippen LogP contribution in [0, 0.1) is 0 Å². The van der Waals surface area contributed by atoms with Crippen molar-refractivity contribution in [1.82, 2.24) is 10.3 Å². The fourth-order valence-corrected chi connectivity index (χ4v) is 3.23. The number of aliphatic carboxylic acids is 1. The molecule has 1 aromatic carbocycles. The van der Waals surface area contributed by atoms with Crippen LogP contribution in [0.2, 0.25) is 0 Å². The molecule has 0 bridgehead atoms. The Balaban J connectivity index is 2.01. The van der Waals surface area contributed by atoms with E-state index < -0.39 is 12.0 Å². The lowest BCUT2D eigenvalue weighted by molar-refractivity contribution is -0.139. The number of nitrogens with one attached hydrogen (secondary N) is 1. The van der Waals surface area contributed by atoms with Gasteiger partial charge in [-0.2, -0.15) is 0 Å². The maximum absolute atomic E-state index is 11.1. The molecule has 0 saturated heterocycles. The molecule has 5 heteroatoms. The van der Waals surface area contributed by atoms with Crippen LogP contribution < -0.4 is 5.32 Å². The van der Waals surface area contributed by atoms with Gasteiger partial charge in [-0.3, -0.25) is 10.1 Å². The predicted octanol–water partition coefficient (Wildman–Crippen LogP) is 4.28. The number of hydrogen-bond acceptors (Lipinski definition) is 4. The predicted molar refractivity (Wildman–Crippen MR) is 94.8 cm³/mol. The molecule has 1 heterocycles. The summed E-state index contributed by atoms with van der Waals surface area (Å²) in [6.45, 7) is 6.89. The first-order valence-electron chi connectivity index (χ1n) is 8.02. The van der Waals surface area contributed by atoms with Gasteiger partial charge in [0.2, 0.25) is 0 Å². The van der Waals surface area contributed by atoms with E-state index in [2.05, 4.69) is 48.4 Å². The second kappa shape index (κ2) is 8.22. The van der Waals surface area contributed by atoms with E-state index in [0.29, 0.717) is 18.9 Å². The highest BCUT2D eigenvalue weighted by Gasteiger charge is 2.16. The van der Waals surface area contributed by atoms with Crippen molar-refractivity contribution in [3.05, 3.63) is 40.9 Å². The molecule has 1 atom stereocenters. The first-order valence-corrected chi connectivity index (χ1v) is 8.84. The second-order valence-electron chi connectivity index (χ2n) is 5.97. The number of hydrogen-bond donors (Lipinski definition) is 2. The number of carboxylic acid groups (broad SMARTS) is 1. The second-order valence-corrected chi connectivity index (χ2v) is 7.08. The molecular formula is C18H24N2O2S. The Morgan fingerprint density at radius 2 is 2.00 bits per heavy atom. The minimum absolute atomic E-state index is 0.490. The average molecular weight is 332 g/mol. The number of aromatic nitrogens is 1. The van der Waals surface area contributed by atoms with Crippen molar-refractivity contribution in [2.75, 3.05) is 0 Å². The first-order chi connectivity index (χ1) is 11.0. The van der Waals surface area contributed by atoms with Gasteiger partial charge in [0.15, 0.2) is 0 Å². The van der Waals surface area contributed by atoms with Crippen molar-refractivity contribution in [1.29, 1.82) is 0 Å². The zero-order valence-electron chi connectivity index (χ0n) is 13.9. The van der Waals surface area contributed by atoms with Crippen LogP contribution in [0.1, 0.15) is 50.0 Å². The van der Waals surface area contributed by atoms with Crippen molar-refractivity contribution >= 4 is 17.3 Å². The molecule has 2 aromatic rings. The molecule has 0 spiro atoms. The van der Waals surface area contributed by atoms with Crippen molar-refractivity contribution in [2.24, 2.45) is 0 Å². The van der Waals surface area contributed by atoms with Crippen molar-refractivity contribution in [3.63, 3.8) is 0 Å². The first kappa shape index (κ1) is 17.6. The van der Waals surface area contributed by atoms with Crippen LogP contribution in [0.15, 0.2) is 30.5 Å². The molecule has 2 N–H and O–H groups in total. The van der Waals surface area contributed by atoms with Crippen LogP contribution in [0.3, 0.4) is 0 Å². The Hall–Kier alpha value is -1.72. The molecule has 0 aliphatic rings. The maximum atomic E-state index is 11.1. The van der Waals surface area contributed by atoms with Gasteiger partial charge in [-0.1, -0.05) is 51.5 Å². The Kier molecular flexibility index (Phi) is 6.30. The van der Waals surface area contributed by atoms with Gasteiger partial charge in [-0.05, 0) is 17.9 Å². The number of carbonyl (C=O) groups is 1. The van der Waals surface area contributed by atoms with Gasteiger partial charge in [0.25, 0.3) is 0 Å². The van der Waals surface area contributed by atoms with E-state index in [1.807, 2.05) is 13.1 Å². The summed E-state index contributed by atoms with van der Waals surface area (Å²) in [7, 11) is 0. The summed E-state index contributed by atoms with van der Waals surface area (Å²) in [5.41, 5.74) is 2.42. The molecule has 0 aliphatic carbocycles. The van der Waals surface area contributed by atoms with E-state index in [0.717, 1.165) is 21.9 Å². The standard InChI is InChI=1S/C18H24N2O2S/c1-4-5-16(18(21)22)19-10-15-11-20-17(23-15)14-8-6-13(7-9-14)12(2)3/h6-9,11-12,16,19H,4-5,10H2,1-3H3,(H,21,22). The third-order valence-electron chi connectivity index (χ3n) is 3.78. The van der Waals surface area contributed by atoms with Gasteiger partial charge in [0.1, 0.15) is 11.0 Å². The minimum Gasteiger partial charge on any atom is -0.480 e. The number of rotatable bonds is 8. The van der Waals surface area contributed by atoms with Crippen molar-refractivity contribution < 1.29 is 9.90 Å². The van der Waals surface area contributed by atoms with E-state index >= 15 is 0 Å². The third kappa shape index (κ3) is 4.88. The molecule has 4 nitrogen and oxygen atoms in total. The van der Waals surface area contributed by atoms with E-state index in [9.17, 15) is 4.79 Å². The van der Waals surface area contributed by atoms with E-state index in [4.69, 9.17) is 5.11 Å². The summed E-state index contributed by atoms with van der Waals surface area (Å²) in [5, 5.41) is 13.2. The molecule has 0 radical (unpaired) electrons. The molecule has 23 heavy (non-hydrogen) atoms. The molecule has 1 unspecified atom stereocenters. The van der Waals surface area contributed by atoms with Gasteiger partial charge in [0.05, 0.1) is 0 Å². The van der Waals surface area contributed by atoms with Gasteiger partial charge in [-0.25, -0.2) is 4.98 Å². The lowest BCUT2D eigenvalue weighted by Crippen LogP contribution is -2.35. The zero-order chi connectivity index (χ0) is 16.8. The molecule has 2 rings (SSSR count). The van der Waals surface area contributed by atoms with Gasteiger partial charge in [0, 0.05) is 23.2 Å². The normalized spacial score (nSPS) is 12.5. The number of thiazole rings is 1. The molecule has 0 fully saturated rings. The largest absolute Gasteiger partial charge is 0.480 e. The molecular weight excluding hydrogens is 308 g/mol. The maximum Gasteiger partial charge on any atom is 0.320 e. The minimum atomic E-state index is -0.791. The van der Waals surface area contributed by atoms with Gasteiger partial charge < -0.3 is 5.11 Å². The molecule has 0 saturated carbocycles. The fourth-order valence-electron chi connectivity index (χ4n) is 2.36. The summed E-state index contributed by atoms with van der Waals surface area (Å²) >= 11 is 1.61. The highest BCUT2D eigenvalue weighted by atomic mass is 32.1. The Labute approximate surface area is 141 Å². The van der Waals surface area contributed by atoms with Crippen molar-refractivity contribution in [2.45, 2.75) is 52.1 Å². The van der Waals surface area contributed by atoms with Gasteiger partial charge >= 0.3 is 5.97 Å². The summed E-state index contributed by atoms with van der Waals surface area (Å²) < 4.78 is 0. The summed E-state index contributed by atoms with van der Waals surface area (Å²) in [5.74, 6) is -0.271. The van der Waals surface area contributed by atoms with Crippen LogP contribution in [0.4, 0.5) is 0 Å². The monoisotopic (exact) mass is 332 g/mol. The van der Waals surface area contributed by atoms with Crippen LogP contribution in [-0.2, 0) is 11.3 Å². The van der Waals surface area contributed by atoms with Crippen LogP contribution in [0.25, 0.3) is 10.6 Å². The smallest absolute Gasteiger partial charge is 0.320 e. The molecule has 1 aromatic heterocycles. The van der Waals surface area contributed by atoms with E-state index in [1.165, 1.54) is 5.56 Å². The lowest BCUT2D eigenvalue weighted by atomic mass is 10.0. The van der Waals surface area contributed by atoms with Crippen LogP contribution in [0.5, 0.6) is 0 Å². The Morgan fingerprint density at radius 1 is 1.30 bits per heavy atom. The molecule has 0 amide bonds.